The number of aryl methyl sites for hydroxylation is 1. The van der Waals surface area contributed by atoms with Gasteiger partial charge in [-0.05, 0) is 55.9 Å². The van der Waals surface area contributed by atoms with E-state index < -0.39 is 0 Å². The Kier molecular flexibility index (Phi) is 2.34. The van der Waals surface area contributed by atoms with E-state index in [0.717, 1.165) is 35.1 Å². The molecule has 0 saturated heterocycles. The number of imidazole rings is 1. The van der Waals surface area contributed by atoms with E-state index in [1.807, 2.05) is 18.2 Å². The second-order valence-corrected chi connectivity index (χ2v) is 5.50. The molecule has 1 aliphatic rings. The molecular formula is C17H15N3. The maximum atomic E-state index is 9.60. The van der Waals surface area contributed by atoms with Crippen molar-refractivity contribution in [3.63, 3.8) is 0 Å². The van der Waals surface area contributed by atoms with Gasteiger partial charge in [0, 0.05) is 5.69 Å². The van der Waals surface area contributed by atoms with Crippen LogP contribution in [0.5, 0.6) is 0 Å². The first kappa shape index (κ1) is 11.5. The number of pyridine rings is 1. The average molecular weight is 261 g/mol. The Morgan fingerprint density at radius 2 is 1.90 bits per heavy atom. The zero-order valence-corrected chi connectivity index (χ0v) is 11.5. The third-order valence-corrected chi connectivity index (χ3v) is 4.44. The summed E-state index contributed by atoms with van der Waals surface area (Å²) >= 11 is 0. The summed E-state index contributed by atoms with van der Waals surface area (Å²) in [5, 5.41) is 9.60. The molecule has 0 unspecified atom stereocenters. The van der Waals surface area contributed by atoms with Crippen molar-refractivity contribution < 1.29 is 0 Å². The topological polar surface area (TPSA) is 41.1 Å². The molecule has 2 aromatic heterocycles. The summed E-state index contributed by atoms with van der Waals surface area (Å²) < 4.78 is 2.16. The lowest BCUT2D eigenvalue weighted by Crippen LogP contribution is -2.11. The van der Waals surface area contributed by atoms with E-state index in [2.05, 4.69) is 23.5 Å². The number of para-hydroxylation sites is 2. The predicted molar refractivity (Wildman–Crippen MR) is 78.8 cm³/mol. The molecular weight excluding hydrogens is 246 g/mol. The van der Waals surface area contributed by atoms with Crippen molar-refractivity contribution in [2.45, 2.75) is 32.6 Å². The van der Waals surface area contributed by atoms with Gasteiger partial charge in [-0.15, -0.1) is 0 Å². The van der Waals surface area contributed by atoms with Gasteiger partial charge < -0.3 is 0 Å². The van der Waals surface area contributed by atoms with E-state index in [9.17, 15) is 5.26 Å². The fourth-order valence-corrected chi connectivity index (χ4v) is 3.50. The van der Waals surface area contributed by atoms with Crippen molar-refractivity contribution in [2.24, 2.45) is 0 Å². The van der Waals surface area contributed by atoms with Crippen molar-refractivity contribution in [1.29, 1.82) is 5.26 Å². The molecule has 0 bridgehead atoms. The zero-order chi connectivity index (χ0) is 13.7. The Morgan fingerprint density at radius 3 is 2.70 bits per heavy atom. The first-order valence-electron chi connectivity index (χ1n) is 7.13. The number of rotatable bonds is 0. The summed E-state index contributed by atoms with van der Waals surface area (Å²) in [6.45, 7) is 2.16. The lowest BCUT2D eigenvalue weighted by Gasteiger charge is -2.20. The number of aromatic nitrogens is 2. The second kappa shape index (κ2) is 4.08. The summed E-state index contributed by atoms with van der Waals surface area (Å²) in [5.41, 5.74) is 7.53. The standard InChI is InChI=1S/C17H15N3/c1-11-12-6-2-3-7-13(12)14(10-18)17-19-15-8-4-5-9-16(15)20(11)17/h4-5,8-9H,2-3,6-7H2,1H3. The van der Waals surface area contributed by atoms with Gasteiger partial charge in [0.2, 0.25) is 0 Å². The molecule has 4 rings (SSSR count). The van der Waals surface area contributed by atoms with E-state index in [1.165, 1.54) is 29.7 Å². The Bertz CT molecular complexity index is 881. The molecule has 0 aliphatic heterocycles. The van der Waals surface area contributed by atoms with Gasteiger partial charge in [0.05, 0.1) is 16.6 Å². The Labute approximate surface area is 117 Å². The summed E-state index contributed by atoms with van der Waals surface area (Å²) in [4.78, 5) is 4.70. The van der Waals surface area contributed by atoms with Crippen LogP contribution < -0.4 is 0 Å². The number of benzene rings is 1. The van der Waals surface area contributed by atoms with Crippen LogP contribution in [0.3, 0.4) is 0 Å². The number of nitriles is 1. The van der Waals surface area contributed by atoms with Crippen molar-refractivity contribution in [3.05, 3.63) is 46.6 Å². The Hall–Kier alpha value is -2.34. The van der Waals surface area contributed by atoms with Gasteiger partial charge in [-0.25, -0.2) is 4.98 Å². The van der Waals surface area contributed by atoms with E-state index in [0.29, 0.717) is 0 Å². The summed E-state index contributed by atoms with van der Waals surface area (Å²) in [5.74, 6) is 0. The molecule has 98 valence electrons. The normalized spacial score (nSPS) is 14.4. The molecule has 3 heteroatoms. The van der Waals surface area contributed by atoms with Crippen LogP contribution in [0.1, 0.15) is 35.2 Å². The van der Waals surface area contributed by atoms with Gasteiger partial charge in [0.15, 0.2) is 5.65 Å². The van der Waals surface area contributed by atoms with Crippen molar-refractivity contribution in [3.8, 4) is 6.07 Å². The SMILES string of the molecule is Cc1c2c(c(C#N)c3nc4ccccc4n13)CCCC2. The highest BCUT2D eigenvalue weighted by Gasteiger charge is 2.22. The van der Waals surface area contributed by atoms with Crippen molar-refractivity contribution in [2.75, 3.05) is 0 Å². The second-order valence-electron chi connectivity index (χ2n) is 5.50. The summed E-state index contributed by atoms with van der Waals surface area (Å²) in [7, 11) is 0. The quantitative estimate of drug-likeness (QED) is 0.621. The highest BCUT2D eigenvalue weighted by molar-refractivity contribution is 5.83. The predicted octanol–water partition coefficient (Wildman–Crippen LogP) is 3.55. The Morgan fingerprint density at radius 1 is 1.15 bits per heavy atom. The lowest BCUT2D eigenvalue weighted by molar-refractivity contribution is 0.675. The first-order chi connectivity index (χ1) is 9.81. The van der Waals surface area contributed by atoms with Crippen LogP contribution in [-0.4, -0.2) is 9.38 Å². The molecule has 0 spiro atoms. The van der Waals surface area contributed by atoms with E-state index in [1.54, 1.807) is 0 Å². The highest BCUT2D eigenvalue weighted by atomic mass is 15.0. The maximum Gasteiger partial charge on any atom is 0.156 e. The molecule has 0 amide bonds. The van der Waals surface area contributed by atoms with Gasteiger partial charge in [0.1, 0.15) is 6.07 Å². The van der Waals surface area contributed by atoms with Crippen LogP contribution in [0.25, 0.3) is 16.7 Å². The fourth-order valence-electron chi connectivity index (χ4n) is 3.50. The van der Waals surface area contributed by atoms with Gasteiger partial charge in [-0.3, -0.25) is 4.40 Å². The third kappa shape index (κ3) is 1.36. The van der Waals surface area contributed by atoms with Gasteiger partial charge in [0.25, 0.3) is 0 Å². The van der Waals surface area contributed by atoms with Crippen LogP contribution in [0.2, 0.25) is 0 Å². The molecule has 1 aliphatic carbocycles. The average Bonchev–Trinajstić information content (AvgIpc) is 2.87. The van der Waals surface area contributed by atoms with Crippen LogP contribution in [0.4, 0.5) is 0 Å². The van der Waals surface area contributed by atoms with Crippen LogP contribution in [0.15, 0.2) is 24.3 Å². The molecule has 0 N–H and O–H groups in total. The summed E-state index contributed by atoms with van der Waals surface area (Å²) in [6.07, 6.45) is 4.49. The number of hydrogen-bond acceptors (Lipinski definition) is 2. The fraction of sp³-hybridized carbons (Fsp3) is 0.294. The number of hydrogen-bond donors (Lipinski definition) is 0. The molecule has 0 radical (unpaired) electrons. The maximum absolute atomic E-state index is 9.60. The summed E-state index contributed by atoms with van der Waals surface area (Å²) in [6, 6.07) is 10.5. The van der Waals surface area contributed by atoms with Crippen LogP contribution >= 0.6 is 0 Å². The zero-order valence-electron chi connectivity index (χ0n) is 11.5. The Balaban J connectivity index is 2.27. The van der Waals surface area contributed by atoms with E-state index in [4.69, 9.17) is 4.98 Å². The molecule has 0 fully saturated rings. The van der Waals surface area contributed by atoms with Gasteiger partial charge >= 0.3 is 0 Å². The molecule has 0 atom stereocenters. The minimum Gasteiger partial charge on any atom is -0.296 e. The largest absolute Gasteiger partial charge is 0.296 e. The first-order valence-corrected chi connectivity index (χ1v) is 7.13. The van der Waals surface area contributed by atoms with Crippen molar-refractivity contribution >= 4 is 16.7 Å². The van der Waals surface area contributed by atoms with Crippen molar-refractivity contribution in [1.82, 2.24) is 9.38 Å². The molecule has 0 saturated carbocycles. The smallest absolute Gasteiger partial charge is 0.156 e. The van der Waals surface area contributed by atoms with Crippen LogP contribution in [-0.2, 0) is 12.8 Å². The van der Waals surface area contributed by atoms with Gasteiger partial charge in [-0.1, -0.05) is 12.1 Å². The lowest BCUT2D eigenvalue weighted by atomic mass is 9.88. The highest BCUT2D eigenvalue weighted by Crippen LogP contribution is 2.32. The number of fused-ring (bicyclic) bond motifs is 4. The minimum atomic E-state index is 0.779. The van der Waals surface area contributed by atoms with Crippen LogP contribution in [0, 0.1) is 18.3 Å². The van der Waals surface area contributed by atoms with E-state index >= 15 is 0 Å². The molecule has 3 nitrogen and oxygen atoms in total. The molecule has 3 aromatic rings. The number of nitrogens with zero attached hydrogens (tertiary/aromatic N) is 3. The monoisotopic (exact) mass is 261 g/mol. The molecule has 20 heavy (non-hydrogen) atoms. The van der Waals surface area contributed by atoms with E-state index in [-0.39, 0.29) is 0 Å². The third-order valence-electron chi connectivity index (χ3n) is 4.44. The van der Waals surface area contributed by atoms with Gasteiger partial charge in [-0.2, -0.15) is 5.26 Å². The minimum absolute atomic E-state index is 0.779. The molecule has 2 heterocycles. The molecule has 1 aromatic carbocycles.